The quantitative estimate of drug-likeness (QED) is 0.747. The van der Waals surface area contributed by atoms with E-state index < -0.39 is 5.92 Å². The number of ether oxygens (including phenoxy) is 1. The molecule has 0 radical (unpaired) electrons. The van der Waals surface area contributed by atoms with Gasteiger partial charge in [-0.25, -0.2) is 0 Å². The number of hydrogen-bond donors (Lipinski definition) is 2. The van der Waals surface area contributed by atoms with Gasteiger partial charge in [-0.05, 0) is 42.0 Å². The van der Waals surface area contributed by atoms with E-state index >= 15 is 0 Å². The summed E-state index contributed by atoms with van der Waals surface area (Å²) in [6, 6.07) is 14.9. The number of amides is 2. The molecule has 1 aliphatic rings. The molecule has 2 amide bonds. The molecule has 4 rings (SSSR count). The molecule has 2 N–H and O–H groups in total. The zero-order chi connectivity index (χ0) is 19.0. The van der Waals surface area contributed by atoms with Gasteiger partial charge in [0, 0.05) is 36.3 Å². The van der Waals surface area contributed by atoms with Crippen LogP contribution in [0.3, 0.4) is 0 Å². The largest absolute Gasteiger partial charge is 0.497 e. The normalized spacial score (nSPS) is 19.5. The Hall–Kier alpha value is -3.28. The van der Waals surface area contributed by atoms with E-state index in [1.54, 1.807) is 19.1 Å². The second-order valence-corrected chi connectivity index (χ2v) is 6.80. The summed E-state index contributed by atoms with van der Waals surface area (Å²) in [4.78, 5) is 30.1. The molecule has 3 aromatic rings. The Bertz CT molecular complexity index is 993. The fourth-order valence-corrected chi connectivity index (χ4v) is 3.73. The molecule has 1 aromatic heterocycles. The topological polar surface area (TPSA) is 74.4 Å². The first-order valence-corrected chi connectivity index (χ1v) is 8.84. The number of rotatable bonds is 4. The van der Waals surface area contributed by atoms with Gasteiger partial charge in [0.1, 0.15) is 5.75 Å². The monoisotopic (exact) mass is 363 g/mol. The molecule has 0 bridgehead atoms. The lowest BCUT2D eigenvalue weighted by Gasteiger charge is -2.25. The molecular formula is C21H21N3O3. The molecule has 1 aliphatic heterocycles. The van der Waals surface area contributed by atoms with Crippen molar-refractivity contribution in [1.29, 1.82) is 0 Å². The van der Waals surface area contributed by atoms with Crippen molar-refractivity contribution in [1.82, 2.24) is 9.88 Å². The number of benzene rings is 2. The summed E-state index contributed by atoms with van der Waals surface area (Å²) in [5, 5.41) is 4.00. The highest BCUT2D eigenvalue weighted by Crippen LogP contribution is 2.38. The maximum Gasteiger partial charge on any atom is 0.230 e. The number of aromatic nitrogens is 1. The molecule has 2 heterocycles. The predicted octanol–water partition coefficient (Wildman–Crippen LogP) is 3.33. The van der Waals surface area contributed by atoms with E-state index in [0.717, 1.165) is 27.9 Å². The Balaban J connectivity index is 1.59. The number of nitrogens with one attached hydrogen (secondary N) is 2. The van der Waals surface area contributed by atoms with Crippen LogP contribution in [0, 0.1) is 5.92 Å². The molecule has 1 fully saturated rings. The molecule has 1 saturated heterocycles. The number of H-pyrrole nitrogens is 1. The van der Waals surface area contributed by atoms with Crippen molar-refractivity contribution in [2.45, 2.75) is 12.5 Å². The van der Waals surface area contributed by atoms with Crippen molar-refractivity contribution in [3.8, 4) is 5.75 Å². The van der Waals surface area contributed by atoms with Crippen molar-refractivity contribution in [3.05, 3.63) is 60.3 Å². The number of methoxy groups -OCH3 is 1. The number of hydrogen-bond acceptors (Lipinski definition) is 3. The zero-order valence-corrected chi connectivity index (χ0v) is 15.2. The number of anilines is 1. The molecule has 2 aromatic carbocycles. The van der Waals surface area contributed by atoms with E-state index in [4.69, 9.17) is 4.74 Å². The summed E-state index contributed by atoms with van der Waals surface area (Å²) in [6.07, 6.45) is 2.06. The maximum absolute atomic E-state index is 13.0. The van der Waals surface area contributed by atoms with Crippen LogP contribution in [0.1, 0.15) is 18.0 Å². The highest BCUT2D eigenvalue weighted by molar-refractivity contribution is 5.99. The van der Waals surface area contributed by atoms with Gasteiger partial charge in [-0.2, -0.15) is 0 Å². The molecular weight excluding hydrogens is 342 g/mol. The first-order chi connectivity index (χ1) is 13.1. The summed E-state index contributed by atoms with van der Waals surface area (Å²) >= 11 is 0. The maximum atomic E-state index is 13.0. The van der Waals surface area contributed by atoms with Crippen LogP contribution in [0.4, 0.5) is 5.69 Å². The number of likely N-dealkylation sites (tertiary alicyclic amines) is 1. The van der Waals surface area contributed by atoms with Crippen LogP contribution in [0.2, 0.25) is 0 Å². The van der Waals surface area contributed by atoms with Crippen LogP contribution < -0.4 is 10.1 Å². The Morgan fingerprint density at radius 1 is 1.19 bits per heavy atom. The van der Waals surface area contributed by atoms with E-state index in [9.17, 15) is 9.59 Å². The van der Waals surface area contributed by atoms with E-state index in [1.165, 1.54) is 0 Å². The first kappa shape index (κ1) is 17.1. The average molecular weight is 363 g/mol. The number of nitrogens with zero attached hydrogens (tertiary/aromatic N) is 1. The van der Waals surface area contributed by atoms with Gasteiger partial charge >= 0.3 is 0 Å². The number of carbonyl (C=O) groups excluding carboxylic acids is 2. The van der Waals surface area contributed by atoms with E-state index in [1.807, 2.05) is 54.7 Å². The Morgan fingerprint density at radius 3 is 2.70 bits per heavy atom. The fourth-order valence-electron chi connectivity index (χ4n) is 3.73. The minimum absolute atomic E-state index is 0.0305. The molecule has 0 spiro atoms. The Morgan fingerprint density at radius 2 is 1.96 bits per heavy atom. The molecule has 0 saturated carbocycles. The summed E-state index contributed by atoms with van der Waals surface area (Å²) in [7, 11) is 3.36. The van der Waals surface area contributed by atoms with Gasteiger partial charge in [-0.15, -0.1) is 0 Å². The second-order valence-electron chi connectivity index (χ2n) is 6.80. The van der Waals surface area contributed by atoms with E-state index in [0.29, 0.717) is 0 Å². The van der Waals surface area contributed by atoms with Gasteiger partial charge in [0.05, 0.1) is 19.1 Å². The van der Waals surface area contributed by atoms with Gasteiger partial charge in [-0.1, -0.05) is 12.1 Å². The van der Waals surface area contributed by atoms with Crippen LogP contribution in [0.15, 0.2) is 54.7 Å². The highest BCUT2D eigenvalue weighted by Gasteiger charge is 2.42. The number of fused-ring (bicyclic) bond motifs is 1. The first-order valence-electron chi connectivity index (χ1n) is 8.84. The third-order valence-electron chi connectivity index (χ3n) is 5.20. The molecule has 27 heavy (non-hydrogen) atoms. The molecule has 138 valence electrons. The second kappa shape index (κ2) is 6.79. The summed E-state index contributed by atoms with van der Waals surface area (Å²) in [5.41, 5.74) is 2.66. The van der Waals surface area contributed by atoms with Crippen LogP contribution in [0.25, 0.3) is 10.9 Å². The van der Waals surface area contributed by atoms with Crippen LogP contribution >= 0.6 is 0 Å². The predicted molar refractivity (Wildman–Crippen MR) is 104 cm³/mol. The lowest BCUT2D eigenvalue weighted by Crippen LogP contribution is -2.30. The zero-order valence-electron chi connectivity index (χ0n) is 15.2. The van der Waals surface area contributed by atoms with E-state index in [-0.39, 0.29) is 24.3 Å². The SMILES string of the molecule is COc1ccc([C@H]2[C@@H](C(=O)Nc3ccc4[nH]ccc4c3)CC(=O)N2C)cc1. The fraction of sp³-hybridized carbons (Fsp3) is 0.238. The summed E-state index contributed by atoms with van der Waals surface area (Å²) < 4.78 is 5.20. The highest BCUT2D eigenvalue weighted by atomic mass is 16.5. The van der Waals surface area contributed by atoms with Crippen LogP contribution in [-0.2, 0) is 9.59 Å². The number of aromatic amines is 1. The van der Waals surface area contributed by atoms with Crippen molar-refractivity contribution in [2.75, 3.05) is 19.5 Å². The minimum atomic E-state index is -0.446. The van der Waals surface area contributed by atoms with Crippen molar-refractivity contribution in [3.63, 3.8) is 0 Å². The molecule has 2 atom stereocenters. The average Bonchev–Trinajstić information content (AvgIpc) is 3.26. The van der Waals surface area contributed by atoms with Crippen LogP contribution in [-0.4, -0.2) is 35.9 Å². The third-order valence-corrected chi connectivity index (χ3v) is 5.20. The molecule has 6 heteroatoms. The number of carbonyl (C=O) groups is 2. The van der Waals surface area contributed by atoms with Gasteiger partial charge in [0.15, 0.2) is 0 Å². The van der Waals surface area contributed by atoms with Gasteiger partial charge in [-0.3, -0.25) is 9.59 Å². The van der Waals surface area contributed by atoms with Gasteiger partial charge in [0.2, 0.25) is 11.8 Å². The smallest absolute Gasteiger partial charge is 0.230 e. The molecule has 0 aliphatic carbocycles. The van der Waals surface area contributed by atoms with Crippen molar-refractivity contribution in [2.24, 2.45) is 5.92 Å². The molecule has 6 nitrogen and oxygen atoms in total. The van der Waals surface area contributed by atoms with Crippen molar-refractivity contribution < 1.29 is 14.3 Å². The van der Waals surface area contributed by atoms with Crippen molar-refractivity contribution >= 4 is 28.4 Å². The lowest BCUT2D eigenvalue weighted by atomic mass is 9.92. The van der Waals surface area contributed by atoms with E-state index in [2.05, 4.69) is 10.3 Å². The Kier molecular flexibility index (Phi) is 4.32. The van der Waals surface area contributed by atoms with Gasteiger partial charge < -0.3 is 19.9 Å². The molecule has 0 unspecified atom stereocenters. The van der Waals surface area contributed by atoms with Crippen LogP contribution in [0.5, 0.6) is 5.75 Å². The Labute approximate surface area is 157 Å². The third kappa shape index (κ3) is 3.14. The summed E-state index contributed by atoms with van der Waals surface area (Å²) in [5.74, 6) is 0.116. The van der Waals surface area contributed by atoms with Gasteiger partial charge in [0.25, 0.3) is 0 Å². The lowest BCUT2D eigenvalue weighted by molar-refractivity contribution is -0.127. The summed E-state index contributed by atoms with van der Waals surface area (Å²) in [6.45, 7) is 0. The standard InChI is InChI=1S/C21H21N3O3/c1-24-19(25)12-17(20(24)13-3-6-16(27-2)7-4-13)21(26)23-15-5-8-18-14(11-15)9-10-22-18/h3-11,17,20,22H,12H2,1-2H3,(H,23,26)/t17-,20-/m0/s1. The minimum Gasteiger partial charge on any atom is -0.497 e.